The van der Waals surface area contributed by atoms with Gasteiger partial charge in [0.05, 0.1) is 22.1 Å². The molecule has 0 unspecified atom stereocenters. The Labute approximate surface area is 280 Å². The lowest BCUT2D eigenvalue weighted by Gasteiger charge is -2.12. The van der Waals surface area contributed by atoms with Gasteiger partial charge in [0.1, 0.15) is 11.2 Å². The highest BCUT2D eigenvalue weighted by Gasteiger charge is 2.26. The number of fused-ring (bicyclic) bond motifs is 14. The van der Waals surface area contributed by atoms with Gasteiger partial charge in [-0.3, -0.25) is 0 Å². The van der Waals surface area contributed by atoms with Crippen LogP contribution >= 0.6 is 0 Å². The second kappa shape index (κ2) is 9.06. The molecule has 0 radical (unpaired) electrons. The first kappa shape index (κ1) is 25.5. The van der Waals surface area contributed by atoms with Gasteiger partial charge in [0.15, 0.2) is 0 Å². The van der Waals surface area contributed by atoms with Crippen LogP contribution in [0.3, 0.4) is 0 Å². The number of rotatable bonds is 2. The van der Waals surface area contributed by atoms with E-state index < -0.39 is 0 Å². The topological polar surface area (TPSA) is 23.0 Å². The monoisotopic (exact) mass is 622 g/mol. The molecule has 226 valence electrons. The first-order valence-electron chi connectivity index (χ1n) is 16.9. The number of benzene rings is 8. The Kier molecular flexibility index (Phi) is 4.72. The minimum absolute atomic E-state index is 0.914. The predicted molar refractivity (Wildman–Crippen MR) is 204 cm³/mol. The lowest BCUT2D eigenvalue weighted by molar-refractivity contribution is 0.669. The summed E-state index contributed by atoms with van der Waals surface area (Å²) in [5, 5.41) is 9.86. The van der Waals surface area contributed by atoms with Crippen molar-refractivity contribution in [3.05, 3.63) is 158 Å². The number of para-hydroxylation sites is 3. The molecule has 0 N–H and O–H groups in total. The fraction of sp³-hybridized carbons (Fsp3) is 0. The summed E-state index contributed by atoms with van der Waals surface area (Å²) in [6.07, 6.45) is 0. The van der Waals surface area contributed by atoms with Gasteiger partial charge < -0.3 is 13.6 Å². The van der Waals surface area contributed by atoms with E-state index >= 15 is 0 Å². The smallest absolute Gasteiger partial charge is 0.136 e. The highest BCUT2D eigenvalue weighted by atomic mass is 16.3. The van der Waals surface area contributed by atoms with Gasteiger partial charge >= 0.3 is 0 Å². The molecule has 49 heavy (non-hydrogen) atoms. The number of aromatic nitrogens is 2. The van der Waals surface area contributed by atoms with E-state index in [0.29, 0.717) is 0 Å². The number of nitrogens with zero attached hydrogens (tertiary/aromatic N) is 2. The third-order valence-corrected chi connectivity index (χ3v) is 10.8. The lowest BCUT2D eigenvalue weighted by Crippen LogP contribution is -1.96. The Hall–Kier alpha value is -6.58. The fourth-order valence-corrected chi connectivity index (χ4v) is 8.92. The maximum absolute atomic E-state index is 6.42. The molecule has 1 aliphatic rings. The van der Waals surface area contributed by atoms with Crippen molar-refractivity contribution < 1.29 is 4.42 Å². The van der Waals surface area contributed by atoms with Crippen LogP contribution in [0.15, 0.2) is 162 Å². The summed E-state index contributed by atoms with van der Waals surface area (Å²) in [6, 6.07) is 57.5. The zero-order valence-corrected chi connectivity index (χ0v) is 26.3. The molecule has 11 aromatic rings. The minimum Gasteiger partial charge on any atom is -0.456 e. The second-order valence-corrected chi connectivity index (χ2v) is 13.3. The number of hydrogen-bond acceptors (Lipinski definition) is 1. The van der Waals surface area contributed by atoms with Crippen molar-refractivity contribution in [1.82, 2.24) is 9.13 Å². The number of furan rings is 1. The van der Waals surface area contributed by atoms with Gasteiger partial charge in [0, 0.05) is 43.7 Å². The molecule has 0 fully saturated rings. The normalized spacial score (nSPS) is 12.5. The van der Waals surface area contributed by atoms with E-state index in [9.17, 15) is 0 Å². The van der Waals surface area contributed by atoms with Gasteiger partial charge in [0.2, 0.25) is 0 Å². The maximum Gasteiger partial charge on any atom is 0.136 e. The summed E-state index contributed by atoms with van der Waals surface area (Å²) in [4.78, 5) is 0. The standard InChI is InChI=1S/C46H26N2O/c1-2-12-28(13-3-1)48-38-23-24-41-45(34-17-7-9-20-40(34)49-41)43(38)35-21-22-39-44(46(35)48)33-16-6-8-19-37(33)47(39)29-25-27-11-10-18-32-30-14-4-5-15-31(30)36(26-29)42(27)32/h1-26H. The van der Waals surface area contributed by atoms with Crippen LogP contribution in [-0.2, 0) is 0 Å². The van der Waals surface area contributed by atoms with Crippen molar-refractivity contribution >= 4 is 76.3 Å². The molecule has 0 bridgehead atoms. The predicted octanol–water partition coefficient (Wildman–Crippen LogP) is 12.6. The third kappa shape index (κ3) is 3.17. The van der Waals surface area contributed by atoms with Crippen molar-refractivity contribution in [1.29, 1.82) is 0 Å². The molecule has 0 saturated heterocycles. The minimum atomic E-state index is 0.914. The van der Waals surface area contributed by atoms with Gasteiger partial charge in [0.25, 0.3) is 0 Å². The van der Waals surface area contributed by atoms with Crippen LogP contribution in [0.5, 0.6) is 0 Å². The Balaban J connectivity index is 1.28. The Morgan fingerprint density at radius 2 is 1.06 bits per heavy atom. The average Bonchev–Trinajstić information content (AvgIpc) is 3.89. The van der Waals surface area contributed by atoms with E-state index in [1.54, 1.807) is 0 Å². The molecule has 0 aliphatic heterocycles. The first-order valence-corrected chi connectivity index (χ1v) is 16.9. The van der Waals surface area contributed by atoms with Crippen molar-refractivity contribution in [3.8, 4) is 33.6 Å². The van der Waals surface area contributed by atoms with Crippen LogP contribution in [0.4, 0.5) is 0 Å². The van der Waals surface area contributed by atoms with Crippen LogP contribution < -0.4 is 0 Å². The van der Waals surface area contributed by atoms with Crippen LogP contribution in [0.1, 0.15) is 0 Å². The van der Waals surface area contributed by atoms with E-state index in [2.05, 4.69) is 161 Å². The summed E-state index contributed by atoms with van der Waals surface area (Å²) >= 11 is 0. The summed E-state index contributed by atoms with van der Waals surface area (Å²) in [5.41, 5.74) is 14.2. The van der Waals surface area contributed by atoms with E-state index in [4.69, 9.17) is 4.42 Å². The van der Waals surface area contributed by atoms with Crippen molar-refractivity contribution in [2.24, 2.45) is 0 Å². The molecule has 3 heterocycles. The van der Waals surface area contributed by atoms with Crippen LogP contribution in [-0.4, -0.2) is 9.13 Å². The Morgan fingerprint density at radius 3 is 1.96 bits per heavy atom. The van der Waals surface area contributed by atoms with Crippen molar-refractivity contribution in [2.75, 3.05) is 0 Å². The molecule has 12 rings (SSSR count). The van der Waals surface area contributed by atoms with Gasteiger partial charge in [-0.1, -0.05) is 103 Å². The Bertz CT molecular complexity index is 3210. The van der Waals surface area contributed by atoms with Crippen molar-refractivity contribution in [2.45, 2.75) is 0 Å². The molecule has 0 amide bonds. The number of hydrogen-bond donors (Lipinski definition) is 0. The molecule has 8 aromatic carbocycles. The largest absolute Gasteiger partial charge is 0.456 e. The van der Waals surface area contributed by atoms with E-state index in [-0.39, 0.29) is 0 Å². The zero-order chi connectivity index (χ0) is 31.8. The Morgan fingerprint density at radius 1 is 0.347 bits per heavy atom. The summed E-state index contributed by atoms with van der Waals surface area (Å²) < 4.78 is 11.4. The quantitative estimate of drug-likeness (QED) is 0.188. The molecule has 3 nitrogen and oxygen atoms in total. The van der Waals surface area contributed by atoms with E-state index in [1.807, 2.05) is 6.07 Å². The fourth-order valence-electron chi connectivity index (χ4n) is 8.92. The molecular weight excluding hydrogens is 597 g/mol. The second-order valence-electron chi connectivity index (χ2n) is 13.3. The molecule has 1 aliphatic carbocycles. The zero-order valence-electron chi connectivity index (χ0n) is 26.3. The van der Waals surface area contributed by atoms with Gasteiger partial charge in [-0.2, -0.15) is 0 Å². The third-order valence-electron chi connectivity index (χ3n) is 10.8. The molecule has 0 spiro atoms. The van der Waals surface area contributed by atoms with E-state index in [1.165, 1.54) is 87.7 Å². The molecular formula is C46H26N2O. The lowest BCUT2D eigenvalue weighted by atomic mass is 10.0. The summed E-state index contributed by atoms with van der Waals surface area (Å²) in [7, 11) is 0. The SMILES string of the molecule is c1ccc(-n2c3ccc4oc5ccccc5c4c3c3ccc4c(c5ccccc5n4-c4cc5c6c(cccc6c4)-c4ccccc4-5)c32)cc1. The van der Waals surface area contributed by atoms with Crippen LogP contribution in [0.2, 0.25) is 0 Å². The van der Waals surface area contributed by atoms with Crippen molar-refractivity contribution in [3.63, 3.8) is 0 Å². The van der Waals surface area contributed by atoms with Gasteiger partial charge in [-0.05, 0) is 87.6 Å². The molecule has 3 heteroatoms. The maximum atomic E-state index is 6.42. The molecule has 3 aromatic heterocycles. The van der Waals surface area contributed by atoms with Gasteiger partial charge in [-0.25, -0.2) is 0 Å². The van der Waals surface area contributed by atoms with Crippen LogP contribution in [0, 0.1) is 0 Å². The molecule has 0 atom stereocenters. The summed E-state index contributed by atoms with van der Waals surface area (Å²) in [5.74, 6) is 0. The molecule has 0 saturated carbocycles. The summed E-state index contributed by atoms with van der Waals surface area (Å²) in [6.45, 7) is 0. The highest BCUT2D eigenvalue weighted by Crippen LogP contribution is 2.50. The highest BCUT2D eigenvalue weighted by molar-refractivity contribution is 6.33. The van der Waals surface area contributed by atoms with Crippen LogP contribution in [0.25, 0.3) is 110 Å². The average molecular weight is 623 g/mol. The first-order chi connectivity index (χ1) is 24.3. The van der Waals surface area contributed by atoms with Gasteiger partial charge in [-0.15, -0.1) is 0 Å². The van der Waals surface area contributed by atoms with E-state index in [0.717, 1.165) is 22.2 Å².